The highest BCUT2D eigenvalue weighted by atomic mass is 16.6. The maximum Gasteiger partial charge on any atom is 0.410 e. The first kappa shape index (κ1) is 23.9. The van der Waals surface area contributed by atoms with Gasteiger partial charge >= 0.3 is 12.2 Å². The summed E-state index contributed by atoms with van der Waals surface area (Å²) in [5.41, 5.74) is 2.71. The first-order valence-electron chi connectivity index (χ1n) is 11.9. The van der Waals surface area contributed by atoms with Gasteiger partial charge in [0.15, 0.2) is 0 Å². The summed E-state index contributed by atoms with van der Waals surface area (Å²) >= 11 is 0. The summed E-state index contributed by atoms with van der Waals surface area (Å²) in [6.45, 7) is 11.0. The molecule has 34 heavy (non-hydrogen) atoms. The van der Waals surface area contributed by atoms with E-state index in [0.29, 0.717) is 32.7 Å². The average molecular weight is 467 g/mol. The Morgan fingerprint density at radius 1 is 1.03 bits per heavy atom. The first-order chi connectivity index (χ1) is 16.2. The SMILES string of the molecule is CC1Cc2cnc(N3CCN(C(=O)OCc4ccccc4)CC3)cc2CN1C(=O)OC(C)(C)C. The van der Waals surface area contributed by atoms with E-state index in [1.54, 1.807) is 9.80 Å². The number of aromatic nitrogens is 1. The zero-order chi connectivity index (χ0) is 24.3. The van der Waals surface area contributed by atoms with Gasteiger partial charge in [-0.1, -0.05) is 30.3 Å². The van der Waals surface area contributed by atoms with Gasteiger partial charge in [-0.3, -0.25) is 0 Å². The topological polar surface area (TPSA) is 75.2 Å². The van der Waals surface area contributed by atoms with Gasteiger partial charge in [-0.05, 0) is 56.9 Å². The second-order valence-corrected chi connectivity index (χ2v) is 9.99. The summed E-state index contributed by atoms with van der Waals surface area (Å²) in [6.07, 6.45) is 2.10. The van der Waals surface area contributed by atoms with Gasteiger partial charge in [0, 0.05) is 45.0 Å². The van der Waals surface area contributed by atoms with Crippen molar-refractivity contribution in [2.45, 2.75) is 58.9 Å². The van der Waals surface area contributed by atoms with Gasteiger partial charge in [-0.15, -0.1) is 0 Å². The van der Waals surface area contributed by atoms with Crippen LogP contribution in [0, 0.1) is 0 Å². The van der Waals surface area contributed by atoms with Crippen LogP contribution >= 0.6 is 0 Å². The van der Waals surface area contributed by atoms with Crippen LogP contribution in [-0.4, -0.2) is 64.8 Å². The van der Waals surface area contributed by atoms with E-state index >= 15 is 0 Å². The normalized spacial score (nSPS) is 18.4. The number of hydrogen-bond donors (Lipinski definition) is 0. The lowest BCUT2D eigenvalue weighted by Gasteiger charge is -2.37. The van der Waals surface area contributed by atoms with Crippen LogP contribution in [-0.2, 0) is 29.0 Å². The highest BCUT2D eigenvalue weighted by Gasteiger charge is 2.31. The summed E-state index contributed by atoms with van der Waals surface area (Å²) in [7, 11) is 0. The molecule has 3 heterocycles. The lowest BCUT2D eigenvalue weighted by atomic mass is 9.97. The number of carbonyl (C=O) groups excluding carboxylic acids is 2. The van der Waals surface area contributed by atoms with Gasteiger partial charge in [0.05, 0.1) is 0 Å². The lowest BCUT2D eigenvalue weighted by molar-refractivity contribution is 0.0138. The average Bonchev–Trinajstić information content (AvgIpc) is 2.81. The van der Waals surface area contributed by atoms with Gasteiger partial charge in [-0.25, -0.2) is 14.6 Å². The molecule has 1 unspecified atom stereocenters. The molecule has 2 aliphatic heterocycles. The number of fused-ring (bicyclic) bond motifs is 1. The van der Waals surface area contributed by atoms with E-state index in [-0.39, 0.29) is 24.8 Å². The first-order valence-corrected chi connectivity index (χ1v) is 11.9. The molecule has 4 rings (SSSR count). The fourth-order valence-electron chi connectivity index (χ4n) is 4.28. The molecule has 182 valence electrons. The highest BCUT2D eigenvalue weighted by molar-refractivity contribution is 5.69. The fraction of sp³-hybridized carbons (Fsp3) is 0.500. The third-order valence-corrected chi connectivity index (χ3v) is 6.15. The number of rotatable bonds is 3. The molecule has 2 amide bonds. The number of nitrogens with zero attached hydrogens (tertiary/aromatic N) is 4. The Balaban J connectivity index is 1.34. The molecule has 0 aliphatic carbocycles. The second kappa shape index (κ2) is 9.91. The predicted molar refractivity (Wildman–Crippen MR) is 130 cm³/mol. The molecular weight excluding hydrogens is 432 g/mol. The van der Waals surface area contributed by atoms with Crippen molar-refractivity contribution in [1.29, 1.82) is 0 Å². The summed E-state index contributed by atoms with van der Waals surface area (Å²) in [5.74, 6) is 0.870. The molecule has 1 saturated heterocycles. The second-order valence-electron chi connectivity index (χ2n) is 9.99. The quantitative estimate of drug-likeness (QED) is 0.674. The molecule has 1 atom stereocenters. The molecule has 2 aromatic rings. The molecule has 8 nitrogen and oxygen atoms in total. The van der Waals surface area contributed by atoms with E-state index in [2.05, 4.69) is 16.0 Å². The Kier molecular flexibility index (Phi) is 6.95. The summed E-state index contributed by atoms with van der Waals surface area (Å²) in [5, 5.41) is 0. The predicted octanol–water partition coefficient (Wildman–Crippen LogP) is 4.22. The van der Waals surface area contributed by atoms with Crippen molar-refractivity contribution in [2.24, 2.45) is 0 Å². The molecule has 0 bridgehead atoms. The molecule has 0 N–H and O–H groups in total. The lowest BCUT2D eigenvalue weighted by Crippen LogP contribution is -2.49. The zero-order valence-electron chi connectivity index (χ0n) is 20.5. The van der Waals surface area contributed by atoms with E-state index in [1.165, 1.54) is 5.56 Å². The summed E-state index contributed by atoms with van der Waals surface area (Å²) in [4.78, 5) is 35.5. The molecular formula is C26H34N4O4. The Morgan fingerprint density at radius 2 is 1.74 bits per heavy atom. The number of benzene rings is 1. The van der Waals surface area contributed by atoms with E-state index in [9.17, 15) is 9.59 Å². The Bertz CT molecular complexity index is 1010. The number of hydrogen-bond acceptors (Lipinski definition) is 6. The van der Waals surface area contributed by atoms with Crippen molar-refractivity contribution in [2.75, 3.05) is 31.1 Å². The van der Waals surface area contributed by atoms with Crippen LogP contribution in [0.2, 0.25) is 0 Å². The number of carbonyl (C=O) groups is 2. The third kappa shape index (κ3) is 5.79. The highest BCUT2D eigenvalue weighted by Crippen LogP contribution is 2.27. The minimum absolute atomic E-state index is 0.0560. The summed E-state index contributed by atoms with van der Waals surface area (Å²) in [6, 6.07) is 11.8. The Morgan fingerprint density at radius 3 is 2.41 bits per heavy atom. The van der Waals surface area contributed by atoms with Crippen molar-refractivity contribution in [3.05, 3.63) is 59.3 Å². The number of amides is 2. The van der Waals surface area contributed by atoms with Gasteiger partial charge in [-0.2, -0.15) is 0 Å². The van der Waals surface area contributed by atoms with Gasteiger partial charge in [0.25, 0.3) is 0 Å². The van der Waals surface area contributed by atoms with Crippen LogP contribution in [0.5, 0.6) is 0 Å². The molecule has 1 aromatic heterocycles. The number of ether oxygens (including phenoxy) is 2. The van der Waals surface area contributed by atoms with Crippen molar-refractivity contribution < 1.29 is 19.1 Å². The zero-order valence-corrected chi connectivity index (χ0v) is 20.5. The molecule has 0 radical (unpaired) electrons. The van der Waals surface area contributed by atoms with Crippen molar-refractivity contribution >= 4 is 18.0 Å². The molecule has 8 heteroatoms. The van der Waals surface area contributed by atoms with E-state index in [4.69, 9.17) is 9.47 Å². The van der Waals surface area contributed by atoms with Crippen molar-refractivity contribution in [3.63, 3.8) is 0 Å². The molecule has 0 saturated carbocycles. The maximum absolute atomic E-state index is 12.7. The van der Waals surface area contributed by atoms with E-state index in [0.717, 1.165) is 23.4 Å². The van der Waals surface area contributed by atoms with Crippen LogP contribution < -0.4 is 4.90 Å². The van der Waals surface area contributed by atoms with Crippen molar-refractivity contribution in [1.82, 2.24) is 14.8 Å². The monoisotopic (exact) mass is 466 g/mol. The van der Waals surface area contributed by atoms with Crippen molar-refractivity contribution in [3.8, 4) is 0 Å². The molecule has 1 fully saturated rings. The fourth-order valence-corrected chi connectivity index (χ4v) is 4.28. The van der Waals surface area contributed by atoms with Crippen LogP contribution in [0.3, 0.4) is 0 Å². The molecule has 2 aliphatic rings. The van der Waals surface area contributed by atoms with Gasteiger partial charge in [0.1, 0.15) is 18.0 Å². The van der Waals surface area contributed by atoms with Crippen LogP contribution in [0.25, 0.3) is 0 Å². The largest absolute Gasteiger partial charge is 0.445 e. The van der Waals surface area contributed by atoms with Crippen LogP contribution in [0.15, 0.2) is 42.6 Å². The van der Waals surface area contributed by atoms with Crippen LogP contribution in [0.4, 0.5) is 15.4 Å². The summed E-state index contributed by atoms with van der Waals surface area (Å²) < 4.78 is 11.1. The van der Waals surface area contributed by atoms with E-state index < -0.39 is 5.60 Å². The molecule has 1 aromatic carbocycles. The number of anilines is 1. The maximum atomic E-state index is 12.7. The minimum Gasteiger partial charge on any atom is -0.445 e. The van der Waals surface area contributed by atoms with E-state index in [1.807, 2.05) is 64.2 Å². The minimum atomic E-state index is -0.525. The Labute approximate surface area is 201 Å². The standard InChI is InChI=1S/C26H34N4O4/c1-19-14-21-16-27-23(15-22(21)17-30(19)25(32)34-26(2,3)4)28-10-12-29(13-11-28)24(31)33-18-20-8-6-5-7-9-20/h5-9,15-16,19H,10-14,17-18H2,1-4H3. The molecule has 0 spiro atoms. The van der Waals surface area contributed by atoms with Gasteiger partial charge in [0.2, 0.25) is 0 Å². The smallest absolute Gasteiger partial charge is 0.410 e. The van der Waals surface area contributed by atoms with Gasteiger partial charge < -0.3 is 24.2 Å². The van der Waals surface area contributed by atoms with Crippen LogP contribution in [0.1, 0.15) is 44.4 Å². The number of piperazine rings is 1. The Hall–Kier alpha value is -3.29. The third-order valence-electron chi connectivity index (χ3n) is 6.15. The number of pyridine rings is 1.